The molecule has 0 aliphatic heterocycles. The summed E-state index contributed by atoms with van der Waals surface area (Å²) >= 11 is 4.13. The van der Waals surface area contributed by atoms with Gasteiger partial charge in [-0.2, -0.15) is 0 Å². The first-order chi connectivity index (χ1) is 4.24. The summed E-state index contributed by atoms with van der Waals surface area (Å²) in [5.41, 5.74) is 1.19. The molecular formula is C6H8INS. The van der Waals surface area contributed by atoms with Crippen LogP contribution in [-0.2, 0) is 4.43 Å². The highest BCUT2D eigenvalue weighted by Gasteiger charge is 1.99. The summed E-state index contributed by atoms with van der Waals surface area (Å²) in [6, 6.07) is 0. The Morgan fingerprint density at radius 2 is 2.22 bits per heavy atom. The van der Waals surface area contributed by atoms with Crippen molar-refractivity contribution < 1.29 is 0 Å². The lowest BCUT2D eigenvalue weighted by atomic mass is 10.4. The van der Waals surface area contributed by atoms with Gasteiger partial charge in [0.05, 0.1) is 10.1 Å². The summed E-state index contributed by atoms with van der Waals surface area (Å²) < 4.78 is 1.04. The minimum atomic E-state index is 1.04. The molecule has 50 valence electrons. The van der Waals surface area contributed by atoms with E-state index in [-0.39, 0.29) is 0 Å². The largest absolute Gasteiger partial charge is 0.245 e. The molecular weight excluding hydrogens is 245 g/mol. The molecule has 0 spiro atoms. The van der Waals surface area contributed by atoms with Gasteiger partial charge in [-0.3, -0.25) is 0 Å². The summed E-state index contributed by atoms with van der Waals surface area (Å²) in [6.07, 6.45) is 0. The number of halogens is 1. The van der Waals surface area contributed by atoms with Crippen LogP contribution in [0.2, 0.25) is 0 Å². The zero-order valence-electron chi connectivity index (χ0n) is 5.44. The van der Waals surface area contributed by atoms with E-state index >= 15 is 0 Å². The molecule has 0 amide bonds. The van der Waals surface area contributed by atoms with Crippen LogP contribution in [0.4, 0.5) is 0 Å². The molecule has 9 heavy (non-hydrogen) atoms. The van der Waals surface area contributed by atoms with Gasteiger partial charge in [0.15, 0.2) is 0 Å². The van der Waals surface area contributed by atoms with Crippen LogP contribution in [0, 0.1) is 13.8 Å². The van der Waals surface area contributed by atoms with Crippen LogP contribution in [-0.4, -0.2) is 4.98 Å². The van der Waals surface area contributed by atoms with Crippen LogP contribution in [0.5, 0.6) is 0 Å². The summed E-state index contributed by atoms with van der Waals surface area (Å²) in [6.45, 7) is 4.17. The monoisotopic (exact) mass is 253 g/mol. The molecule has 0 radical (unpaired) electrons. The maximum atomic E-state index is 4.34. The van der Waals surface area contributed by atoms with E-state index in [0.717, 1.165) is 4.43 Å². The molecule has 3 heteroatoms. The summed E-state index contributed by atoms with van der Waals surface area (Å²) in [7, 11) is 0. The molecule has 0 aromatic carbocycles. The predicted molar refractivity (Wildman–Crippen MR) is 49.3 cm³/mol. The average Bonchev–Trinajstić information content (AvgIpc) is 2.13. The second-order valence-electron chi connectivity index (χ2n) is 1.88. The minimum Gasteiger partial charge on any atom is -0.245 e. The summed E-state index contributed by atoms with van der Waals surface area (Å²) in [5.74, 6) is 0. The number of thiazole rings is 1. The molecule has 0 unspecified atom stereocenters. The van der Waals surface area contributed by atoms with E-state index in [9.17, 15) is 0 Å². The van der Waals surface area contributed by atoms with Crippen LogP contribution in [0.25, 0.3) is 0 Å². The molecule has 1 aromatic rings. The number of hydrogen-bond acceptors (Lipinski definition) is 2. The van der Waals surface area contributed by atoms with Crippen molar-refractivity contribution >= 4 is 33.9 Å². The molecule has 0 fully saturated rings. The van der Waals surface area contributed by atoms with Crippen LogP contribution in [0.15, 0.2) is 0 Å². The molecule has 0 atom stereocenters. The van der Waals surface area contributed by atoms with Crippen LogP contribution < -0.4 is 0 Å². The Bertz CT molecular complexity index is 187. The van der Waals surface area contributed by atoms with Crippen molar-refractivity contribution in [2.75, 3.05) is 0 Å². The Kier molecular flexibility index (Phi) is 2.46. The van der Waals surface area contributed by atoms with E-state index in [4.69, 9.17) is 0 Å². The highest BCUT2D eigenvalue weighted by atomic mass is 127. The third-order valence-electron chi connectivity index (χ3n) is 1.19. The van der Waals surface area contributed by atoms with Crippen molar-refractivity contribution in [3.05, 3.63) is 15.6 Å². The highest BCUT2D eigenvalue weighted by Crippen LogP contribution is 2.18. The van der Waals surface area contributed by atoms with Crippen molar-refractivity contribution in [2.45, 2.75) is 18.3 Å². The SMILES string of the molecule is Cc1nc(CI)sc1C. The number of hydrogen-bond donors (Lipinski definition) is 0. The van der Waals surface area contributed by atoms with Crippen molar-refractivity contribution in [3.8, 4) is 0 Å². The third-order valence-corrected chi connectivity index (χ3v) is 3.50. The molecule has 1 aromatic heterocycles. The lowest BCUT2D eigenvalue weighted by molar-refractivity contribution is 1.17. The first-order valence-corrected chi connectivity index (χ1v) is 5.07. The Morgan fingerprint density at radius 3 is 2.44 bits per heavy atom. The molecule has 0 bridgehead atoms. The predicted octanol–water partition coefficient (Wildman–Crippen LogP) is 2.69. The van der Waals surface area contributed by atoms with Gasteiger partial charge in [0, 0.05) is 4.88 Å². The standard InChI is InChI=1S/C6H8INS/c1-4-5(2)9-6(3-7)8-4/h3H2,1-2H3. The van der Waals surface area contributed by atoms with Crippen LogP contribution >= 0.6 is 33.9 Å². The molecule has 0 aliphatic carbocycles. The number of aromatic nitrogens is 1. The maximum absolute atomic E-state index is 4.34. The zero-order valence-corrected chi connectivity index (χ0v) is 8.41. The number of nitrogens with zero attached hydrogens (tertiary/aromatic N) is 1. The second kappa shape index (κ2) is 2.96. The van der Waals surface area contributed by atoms with E-state index < -0.39 is 0 Å². The lowest BCUT2D eigenvalue weighted by Crippen LogP contribution is -1.74. The Balaban J connectivity index is 2.98. The van der Waals surface area contributed by atoms with Crippen molar-refractivity contribution in [1.82, 2.24) is 4.98 Å². The van der Waals surface area contributed by atoms with Gasteiger partial charge in [-0.25, -0.2) is 4.98 Å². The maximum Gasteiger partial charge on any atom is 0.103 e. The van der Waals surface area contributed by atoms with E-state index in [1.54, 1.807) is 11.3 Å². The number of aryl methyl sites for hydroxylation is 2. The van der Waals surface area contributed by atoms with Gasteiger partial charge in [-0.05, 0) is 13.8 Å². The van der Waals surface area contributed by atoms with Gasteiger partial charge in [-0.1, -0.05) is 22.6 Å². The topological polar surface area (TPSA) is 12.9 Å². The Labute approximate surface area is 72.6 Å². The van der Waals surface area contributed by atoms with Gasteiger partial charge in [-0.15, -0.1) is 11.3 Å². The van der Waals surface area contributed by atoms with E-state index in [0.29, 0.717) is 0 Å². The minimum absolute atomic E-state index is 1.04. The number of rotatable bonds is 1. The average molecular weight is 253 g/mol. The number of alkyl halides is 1. The fourth-order valence-corrected chi connectivity index (χ4v) is 2.02. The first-order valence-electron chi connectivity index (χ1n) is 2.73. The fourth-order valence-electron chi connectivity index (χ4n) is 0.596. The molecule has 0 saturated heterocycles. The molecule has 0 aliphatic rings. The molecule has 0 saturated carbocycles. The van der Waals surface area contributed by atoms with E-state index in [2.05, 4.69) is 41.4 Å². The van der Waals surface area contributed by atoms with Crippen LogP contribution in [0.3, 0.4) is 0 Å². The van der Waals surface area contributed by atoms with Crippen LogP contribution in [0.1, 0.15) is 15.6 Å². The summed E-state index contributed by atoms with van der Waals surface area (Å²) in [5, 5.41) is 1.24. The van der Waals surface area contributed by atoms with Gasteiger partial charge < -0.3 is 0 Å². The Morgan fingerprint density at radius 1 is 1.56 bits per heavy atom. The van der Waals surface area contributed by atoms with E-state index in [1.165, 1.54) is 15.6 Å². The normalized spacial score (nSPS) is 10.1. The zero-order chi connectivity index (χ0) is 6.85. The van der Waals surface area contributed by atoms with Gasteiger partial charge in [0.2, 0.25) is 0 Å². The summed E-state index contributed by atoms with van der Waals surface area (Å²) in [4.78, 5) is 5.69. The quantitative estimate of drug-likeness (QED) is 0.554. The second-order valence-corrected chi connectivity index (χ2v) is 3.93. The van der Waals surface area contributed by atoms with Gasteiger partial charge in [0.25, 0.3) is 0 Å². The van der Waals surface area contributed by atoms with Crippen molar-refractivity contribution in [2.24, 2.45) is 0 Å². The van der Waals surface area contributed by atoms with Gasteiger partial charge >= 0.3 is 0 Å². The van der Waals surface area contributed by atoms with Gasteiger partial charge in [0.1, 0.15) is 5.01 Å². The molecule has 1 rings (SSSR count). The van der Waals surface area contributed by atoms with Crippen molar-refractivity contribution in [3.63, 3.8) is 0 Å². The smallest absolute Gasteiger partial charge is 0.103 e. The lowest BCUT2D eigenvalue weighted by Gasteiger charge is -1.78. The molecule has 1 heterocycles. The molecule has 1 nitrogen and oxygen atoms in total. The molecule has 0 N–H and O–H groups in total. The third kappa shape index (κ3) is 1.64. The van der Waals surface area contributed by atoms with E-state index in [1.807, 2.05) is 0 Å². The Hall–Kier alpha value is 0.360. The first kappa shape index (κ1) is 7.47. The highest BCUT2D eigenvalue weighted by molar-refractivity contribution is 14.1. The van der Waals surface area contributed by atoms with Crippen molar-refractivity contribution in [1.29, 1.82) is 0 Å². The fraction of sp³-hybridized carbons (Fsp3) is 0.500.